The fourth-order valence-corrected chi connectivity index (χ4v) is 2.86. The van der Waals surface area contributed by atoms with Gasteiger partial charge in [-0.05, 0) is 31.1 Å². The summed E-state index contributed by atoms with van der Waals surface area (Å²) >= 11 is 6.10. The van der Waals surface area contributed by atoms with Gasteiger partial charge in [-0.2, -0.15) is 0 Å². The number of aromatic nitrogens is 2. The van der Waals surface area contributed by atoms with E-state index in [4.69, 9.17) is 11.6 Å². The number of amides is 2. The SMILES string of the molecule is C[C@H]1CC(c2nccnc2Cl)=CCN1C(=O)Nc1ccccc1. The Morgan fingerprint density at radius 1 is 1.26 bits per heavy atom. The van der Waals surface area contributed by atoms with E-state index in [0.29, 0.717) is 23.8 Å². The summed E-state index contributed by atoms with van der Waals surface area (Å²) in [5, 5.41) is 3.31. The third kappa shape index (κ3) is 3.51. The van der Waals surface area contributed by atoms with Crippen molar-refractivity contribution in [3.8, 4) is 0 Å². The molecule has 1 aliphatic heterocycles. The summed E-state index contributed by atoms with van der Waals surface area (Å²) in [7, 11) is 0. The van der Waals surface area contributed by atoms with Crippen molar-refractivity contribution in [2.24, 2.45) is 0 Å². The lowest BCUT2D eigenvalue weighted by atomic mass is 9.99. The Hall–Kier alpha value is -2.40. The summed E-state index contributed by atoms with van der Waals surface area (Å²) in [6, 6.07) is 9.38. The van der Waals surface area contributed by atoms with Gasteiger partial charge in [0.2, 0.25) is 0 Å². The lowest BCUT2D eigenvalue weighted by Gasteiger charge is -2.33. The Kier molecular flexibility index (Phi) is 4.57. The molecule has 0 saturated carbocycles. The van der Waals surface area contributed by atoms with Crippen molar-refractivity contribution < 1.29 is 4.79 Å². The average Bonchev–Trinajstić information content (AvgIpc) is 2.56. The summed E-state index contributed by atoms with van der Waals surface area (Å²) in [5.74, 6) is 0. The smallest absolute Gasteiger partial charge is 0.318 e. The predicted octanol–water partition coefficient (Wildman–Crippen LogP) is 3.84. The van der Waals surface area contributed by atoms with E-state index in [-0.39, 0.29) is 12.1 Å². The summed E-state index contributed by atoms with van der Waals surface area (Å²) < 4.78 is 0. The van der Waals surface area contributed by atoms with Gasteiger partial charge in [-0.15, -0.1) is 0 Å². The Bertz CT molecular complexity index is 732. The molecule has 3 rings (SSSR count). The molecule has 1 atom stereocenters. The highest BCUT2D eigenvalue weighted by atomic mass is 35.5. The maximum atomic E-state index is 12.4. The number of rotatable bonds is 2. The number of para-hydroxylation sites is 1. The van der Waals surface area contributed by atoms with E-state index in [1.54, 1.807) is 17.3 Å². The van der Waals surface area contributed by atoms with E-state index in [2.05, 4.69) is 15.3 Å². The first-order chi connectivity index (χ1) is 11.1. The van der Waals surface area contributed by atoms with Gasteiger partial charge in [0, 0.05) is 30.7 Å². The molecular formula is C17H17ClN4O. The highest BCUT2D eigenvalue weighted by molar-refractivity contribution is 6.30. The maximum Gasteiger partial charge on any atom is 0.322 e. The summed E-state index contributed by atoms with van der Waals surface area (Å²) in [6.45, 7) is 2.53. The molecule has 2 aromatic rings. The molecule has 2 amide bonds. The normalized spacial score (nSPS) is 17.6. The molecule has 1 aromatic carbocycles. The van der Waals surface area contributed by atoms with Gasteiger partial charge in [0.15, 0.2) is 5.15 Å². The summed E-state index contributed by atoms with van der Waals surface area (Å²) in [4.78, 5) is 22.6. The number of halogens is 1. The molecule has 1 aliphatic rings. The predicted molar refractivity (Wildman–Crippen MR) is 91.3 cm³/mol. The molecule has 0 fully saturated rings. The molecule has 0 unspecified atom stereocenters. The van der Waals surface area contributed by atoms with Crippen LogP contribution in [0.15, 0.2) is 48.8 Å². The van der Waals surface area contributed by atoms with Crippen LogP contribution in [-0.2, 0) is 0 Å². The Morgan fingerprint density at radius 2 is 2.00 bits per heavy atom. The van der Waals surface area contributed by atoms with E-state index in [1.165, 1.54) is 0 Å². The van der Waals surface area contributed by atoms with E-state index >= 15 is 0 Å². The summed E-state index contributed by atoms with van der Waals surface area (Å²) in [6.07, 6.45) is 5.88. The molecule has 1 aromatic heterocycles. The number of urea groups is 1. The van der Waals surface area contributed by atoms with Crippen molar-refractivity contribution in [1.29, 1.82) is 0 Å². The van der Waals surface area contributed by atoms with Gasteiger partial charge in [0.1, 0.15) is 5.69 Å². The molecule has 0 aliphatic carbocycles. The lowest BCUT2D eigenvalue weighted by Crippen LogP contribution is -2.43. The molecule has 0 spiro atoms. The van der Waals surface area contributed by atoms with Crippen LogP contribution in [0.25, 0.3) is 5.57 Å². The molecule has 5 nitrogen and oxygen atoms in total. The van der Waals surface area contributed by atoms with Crippen LogP contribution in [0.1, 0.15) is 19.0 Å². The van der Waals surface area contributed by atoms with Crippen molar-refractivity contribution in [3.05, 3.63) is 59.6 Å². The zero-order valence-corrected chi connectivity index (χ0v) is 13.5. The van der Waals surface area contributed by atoms with Crippen LogP contribution in [-0.4, -0.2) is 33.5 Å². The second kappa shape index (κ2) is 6.79. The van der Waals surface area contributed by atoms with Gasteiger partial charge in [-0.1, -0.05) is 35.9 Å². The second-order valence-corrected chi connectivity index (χ2v) is 5.78. The third-order valence-electron chi connectivity index (χ3n) is 3.83. The van der Waals surface area contributed by atoms with E-state index in [9.17, 15) is 4.79 Å². The van der Waals surface area contributed by atoms with Gasteiger partial charge in [-0.25, -0.2) is 9.78 Å². The number of anilines is 1. The molecule has 118 valence electrons. The number of hydrogen-bond acceptors (Lipinski definition) is 3. The number of carbonyl (C=O) groups is 1. The molecule has 0 bridgehead atoms. The topological polar surface area (TPSA) is 58.1 Å². The minimum absolute atomic E-state index is 0.0526. The molecule has 2 heterocycles. The fourth-order valence-electron chi connectivity index (χ4n) is 2.63. The third-order valence-corrected chi connectivity index (χ3v) is 4.10. The maximum absolute atomic E-state index is 12.4. The van der Waals surface area contributed by atoms with Crippen LogP contribution in [0.3, 0.4) is 0 Å². The van der Waals surface area contributed by atoms with Gasteiger partial charge < -0.3 is 10.2 Å². The van der Waals surface area contributed by atoms with Crippen molar-refractivity contribution in [3.63, 3.8) is 0 Å². The van der Waals surface area contributed by atoms with Crippen LogP contribution in [0, 0.1) is 0 Å². The number of nitrogens with zero attached hydrogens (tertiary/aromatic N) is 3. The standard InChI is InChI=1S/C17H17ClN4O/c1-12-11-13(15-16(18)20-9-8-19-15)7-10-22(12)17(23)21-14-5-3-2-4-6-14/h2-9,12H,10-11H2,1H3,(H,21,23)/t12-/m0/s1. The number of benzene rings is 1. The quantitative estimate of drug-likeness (QED) is 0.911. The first-order valence-electron chi connectivity index (χ1n) is 7.43. The molecule has 23 heavy (non-hydrogen) atoms. The first-order valence-corrected chi connectivity index (χ1v) is 7.81. The first kappa shape index (κ1) is 15.5. The zero-order valence-electron chi connectivity index (χ0n) is 12.7. The van der Waals surface area contributed by atoms with Crippen LogP contribution < -0.4 is 5.32 Å². The minimum atomic E-state index is -0.107. The van der Waals surface area contributed by atoms with E-state index in [1.807, 2.05) is 43.3 Å². The molecule has 0 saturated heterocycles. The lowest BCUT2D eigenvalue weighted by molar-refractivity contribution is 0.198. The highest BCUT2D eigenvalue weighted by Gasteiger charge is 2.26. The van der Waals surface area contributed by atoms with Gasteiger partial charge in [0.25, 0.3) is 0 Å². The Morgan fingerprint density at radius 3 is 2.70 bits per heavy atom. The second-order valence-electron chi connectivity index (χ2n) is 5.43. The monoisotopic (exact) mass is 328 g/mol. The Balaban J connectivity index is 1.73. The van der Waals surface area contributed by atoms with Gasteiger partial charge in [0.05, 0.1) is 0 Å². The van der Waals surface area contributed by atoms with Crippen LogP contribution in [0.4, 0.5) is 10.5 Å². The number of nitrogens with one attached hydrogen (secondary N) is 1. The van der Waals surface area contributed by atoms with E-state index in [0.717, 1.165) is 11.3 Å². The molecule has 6 heteroatoms. The van der Waals surface area contributed by atoms with Crippen molar-refractivity contribution >= 4 is 28.9 Å². The minimum Gasteiger partial charge on any atom is -0.318 e. The molecule has 1 N–H and O–H groups in total. The van der Waals surface area contributed by atoms with Gasteiger partial charge >= 0.3 is 6.03 Å². The van der Waals surface area contributed by atoms with Crippen molar-refractivity contribution in [2.75, 3.05) is 11.9 Å². The van der Waals surface area contributed by atoms with Crippen LogP contribution in [0.5, 0.6) is 0 Å². The van der Waals surface area contributed by atoms with Crippen molar-refractivity contribution in [1.82, 2.24) is 14.9 Å². The van der Waals surface area contributed by atoms with Gasteiger partial charge in [-0.3, -0.25) is 4.98 Å². The van der Waals surface area contributed by atoms with E-state index < -0.39 is 0 Å². The zero-order chi connectivity index (χ0) is 16.2. The molecule has 0 radical (unpaired) electrons. The number of carbonyl (C=O) groups excluding carboxylic acids is 1. The fraction of sp³-hybridized carbons (Fsp3) is 0.235. The van der Waals surface area contributed by atoms with Crippen LogP contribution >= 0.6 is 11.6 Å². The Labute approximate surface area is 140 Å². The highest BCUT2D eigenvalue weighted by Crippen LogP contribution is 2.28. The average molecular weight is 329 g/mol. The summed E-state index contributed by atoms with van der Waals surface area (Å²) in [5.41, 5.74) is 2.51. The van der Waals surface area contributed by atoms with Crippen LogP contribution in [0.2, 0.25) is 5.15 Å². The number of hydrogen-bond donors (Lipinski definition) is 1. The largest absolute Gasteiger partial charge is 0.322 e. The molecular weight excluding hydrogens is 312 g/mol. The van der Waals surface area contributed by atoms with Crippen molar-refractivity contribution in [2.45, 2.75) is 19.4 Å².